The number of amides is 2. The molecule has 0 aromatic rings. The first-order valence-corrected chi connectivity index (χ1v) is 3.47. The molecule has 2 rings (SSSR count). The molecule has 1 spiro atoms. The lowest BCUT2D eigenvalue weighted by atomic mass is 9.93. The summed E-state index contributed by atoms with van der Waals surface area (Å²) in [5.41, 5.74) is 0.108. The van der Waals surface area contributed by atoms with Gasteiger partial charge in [-0.25, -0.2) is 4.79 Å². The van der Waals surface area contributed by atoms with Crippen LogP contribution in [0, 0.1) is 0 Å². The highest BCUT2D eigenvalue weighted by atomic mass is 35.5. The summed E-state index contributed by atoms with van der Waals surface area (Å²) in [7, 11) is 1.85. The number of hydrogen-bond donors (Lipinski definition) is 2. The Kier molecular flexibility index (Phi) is 1.98. The van der Waals surface area contributed by atoms with Crippen molar-refractivity contribution in [3.05, 3.63) is 0 Å². The molecule has 2 aliphatic rings. The summed E-state index contributed by atoms with van der Waals surface area (Å²) in [6, 6.07) is 0.0569. The van der Waals surface area contributed by atoms with Crippen LogP contribution in [0.2, 0.25) is 0 Å². The van der Waals surface area contributed by atoms with Gasteiger partial charge < -0.3 is 15.5 Å². The summed E-state index contributed by atoms with van der Waals surface area (Å²) in [5, 5.41) is 5.97. The predicted molar refractivity (Wildman–Crippen MR) is 44.0 cm³/mol. The molecule has 0 atom stereocenters. The fourth-order valence-electron chi connectivity index (χ4n) is 1.47. The monoisotopic (exact) mass is 177 g/mol. The van der Waals surface area contributed by atoms with Crippen molar-refractivity contribution in [2.75, 3.05) is 26.7 Å². The Morgan fingerprint density at radius 2 is 2.09 bits per heavy atom. The van der Waals surface area contributed by atoms with Crippen molar-refractivity contribution in [1.82, 2.24) is 15.5 Å². The Morgan fingerprint density at radius 3 is 2.27 bits per heavy atom. The van der Waals surface area contributed by atoms with E-state index in [0.717, 1.165) is 19.6 Å². The van der Waals surface area contributed by atoms with Gasteiger partial charge in [0.2, 0.25) is 0 Å². The fourth-order valence-corrected chi connectivity index (χ4v) is 1.47. The zero-order valence-corrected chi connectivity index (χ0v) is 7.20. The molecule has 2 saturated heterocycles. The summed E-state index contributed by atoms with van der Waals surface area (Å²) in [4.78, 5) is 12.8. The number of nitrogens with one attached hydrogen (secondary N) is 2. The average molecular weight is 178 g/mol. The molecular weight excluding hydrogens is 166 g/mol. The number of halogens is 1. The normalized spacial score (nSPS) is 25.9. The third-order valence-electron chi connectivity index (χ3n) is 2.49. The maximum Gasteiger partial charge on any atom is 0.317 e. The summed E-state index contributed by atoms with van der Waals surface area (Å²) in [5.74, 6) is 0. The van der Waals surface area contributed by atoms with E-state index in [2.05, 4.69) is 10.6 Å². The highest BCUT2D eigenvalue weighted by Crippen LogP contribution is 2.22. The van der Waals surface area contributed by atoms with Crippen LogP contribution in [0.4, 0.5) is 4.79 Å². The Bertz CT molecular complexity index is 181. The predicted octanol–water partition coefficient (Wildman–Crippen LogP) is -0.595. The van der Waals surface area contributed by atoms with E-state index in [4.69, 9.17) is 0 Å². The number of nitrogens with zero attached hydrogens (tertiary/aromatic N) is 1. The van der Waals surface area contributed by atoms with Crippen LogP contribution < -0.4 is 10.6 Å². The molecule has 2 fully saturated rings. The van der Waals surface area contributed by atoms with Crippen LogP contribution in [0.3, 0.4) is 0 Å². The second-order valence-corrected chi connectivity index (χ2v) is 3.05. The number of rotatable bonds is 0. The van der Waals surface area contributed by atoms with Crippen LogP contribution in [0.1, 0.15) is 0 Å². The molecular formula is C6H12ClN3O. The Balaban J connectivity index is 0.000000605. The van der Waals surface area contributed by atoms with E-state index in [0.29, 0.717) is 0 Å². The van der Waals surface area contributed by atoms with Gasteiger partial charge in [0.1, 0.15) is 0 Å². The Labute approximate surface area is 71.7 Å². The van der Waals surface area contributed by atoms with E-state index in [1.54, 1.807) is 4.90 Å². The maximum atomic E-state index is 11.0. The molecule has 2 aliphatic heterocycles. The number of hydrogen-bond acceptors (Lipinski definition) is 2. The summed E-state index contributed by atoms with van der Waals surface area (Å²) in [6.07, 6.45) is 0. The summed E-state index contributed by atoms with van der Waals surface area (Å²) >= 11 is 0. The van der Waals surface area contributed by atoms with Crippen LogP contribution in [-0.2, 0) is 0 Å². The molecule has 0 aromatic heterocycles. The molecule has 2 N–H and O–H groups in total. The zero-order valence-electron chi connectivity index (χ0n) is 6.39. The third-order valence-corrected chi connectivity index (χ3v) is 2.49. The molecule has 0 saturated carbocycles. The van der Waals surface area contributed by atoms with Crippen molar-refractivity contribution in [1.29, 1.82) is 0 Å². The standard InChI is InChI=1S/C6H11N3O.ClH/c1-9-5(10)8-4-6(9)2-7-3-6;/h7H,2-4H2,1H3,(H,8,10);1H. The van der Waals surface area contributed by atoms with E-state index in [1.807, 2.05) is 7.05 Å². The highest BCUT2D eigenvalue weighted by Gasteiger charge is 2.47. The number of carbonyl (C=O) groups excluding carboxylic acids is 1. The zero-order chi connectivity index (χ0) is 7.19. The number of likely N-dealkylation sites (N-methyl/N-ethyl adjacent to an activating group) is 1. The van der Waals surface area contributed by atoms with E-state index in [1.165, 1.54) is 0 Å². The van der Waals surface area contributed by atoms with Crippen LogP contribution >= 0.6 is 12.4 Å². The Hall–Kier alpha value is -0.480. The van der Waals surface area contributed by atoms with E-state index in [-0.39, 0.29) is 24.0 Å². The van der Waals surface area contributed by atoms with Gasteiger partial charge in [-0.1, -0.05) is 0 Å². The second-order valence-electron chi connectivity index (χ2n) is 3.05. The van der Waals surface area contributed by atoms with Gasteiger partial charge in [-0.05, 0) is 0 Å². The second kappa shape index (κ2) is 2.53. The van der Waals surface area contributed by atoms with Crippen molar-refractivity contribution < 1.29 is 4.79 Å². The van der Waals surface area contributed by atoms with Crippen LogP contribution in [0.25, 0.3) is 0 Å². The van der Waals surface area contributed by atoms with Gasteiger partial charge in [-0.3, -0.25) is 0 Å². The lowest BCUT2D eigenvalue weighted by Gasteiger charge is -2.43. The molecule has 0 bridgehead atoms. The minimum absolute atomic E-state index is 0. The fraction of sp³-hybridized carbons (Fsp3) is 0.833. The van der Waals surface area contributed by atoms with Gasteiger partial charge in [-0.2, -0.15) is 0 Å². The van der Waals surface area contributed by atoms with Gasteiger partial charge in [0.25, 0.3) is 0 Å². The number of carbonyl (C=O) groups is 1. The highest BCUT2D eigenvalue weighted by molar-refractivity contribution is 5.85. The van der Waals surface area contributed by atoms with E-state index >= 15 is 0 Å². The average Bonchev–Trinajstić information content (AvgIpc) is 2.10. The molecule has 2 amide bonds. The number of urea groups is 1. The molecule has 11 heavy (non-hydrogen) atoms. The molecule has 0 radical (unpaired) electrons. The molecule has 2 heterocycles. The van der Waals surface area contributed by atoms with Gasteiger partial charge in [0.15, 0.2) is 0 Å². The van der Waals surface area contributed by atoms with Crippen LogP contribution in [-0.4, -0.2) is 43.2 Å². The summed E-state index contributed by atoms with van der Waals surface area (Å²) in [6.45, 7) is 2.67. The molecule has 64 valence electrons. The van der Waals surface area contributed by atoms with Gasteiger partial charge in [0, 0.05) is 26.7 Å². The van der Waals surface area contributed by atoms with Gasteiger partial charge >= 0.3 is 6.03 Å². The lowest BCUT2D eigenvalue weighted by Crippen LogP contribution is -2.67. The van der Waals surface area contributed by atoms with Crippen molar-refractivity contribution >= 4 is 18.4 Å². The largest absolute Gasteiger partial charge is 0.336 e. The quantitative estimate of drug-likeness (QED) is 0.520. The van der Waals surface area contributed by atoms with Gasteiger partial charge in [-0.15, -0.1) is 12.4 Å². The van der Waals surface area contributed by atoms with Gasteiger partial charge in [0.05, 0.1) is 5.54 Å². The van der Waals surface area contributed by atoms with Crippen LogP contribution in [0.15, 0.2) is 0 Å². The van der Waals surface area contributed by atoms with E-state index in [9.17, 15) is 4.79 Å². The minimum Gasteiger partial charge on any atom is -0.336 e. The topological polar surface area (TPSA) is 44.4 Å². The smallest absolute Gasteiger partial charge is 0.317 e. The molecule has 0 aliphatic carbocycles. The first-order valence-electron chi connectivity index (χ1n) is 3.47. The SMILES string of the molecule is CN1C(=O)NCC12CNC2.Cl. The van der Waals surface area contributed by atoms with E-state index < -0.39 is 0 Å². The Morgan fingerprint density at radius 1 is 1.45 bits per heavy atom. The molecule has 5 heteroatoms. The van der Waals surface area contributed by atoms with Crippen molar-refractivity contribution in [3.8, 4) is 0 Å². The first kappa shape index (κ1) is 8.62. The van der Waals surface area contributed by atoms with Crippen molar-refractivity contribution in [3.63, 3.8) is 0 Å². The maximum absolute atomic E-state index is 11.0. The molecule has 0 unspecified atom stereocenters. The first-order chi connectivity index (χ1) is 4.75. The molecule has 0 aromatic carbocycles. The van der Waals surface area contributed by atoms with Crippen molar-refractivity contribution in [2.24, 2.45) is 0 Å². The molecule has 4 nitrogen and oxygen atoms in total. The van der Waals surface area contributed by atoms with Crippen molar-refractivity contribution in [2.45, 2.75) is 5.54 Å². The van der Waals surface area contributed by atoms with Crippen LogP contribution in [0.5, 0.6) is 0 Å². The summed E-state index contributed by atoms with van der Waals surface area (Å²) < 4.78 is 0. The minimum atomic E-state index is 0. The lowest BCUT2D eigenvalue weighted by molar-refractivity contribution is 0.129. The third kappa shape index (κ3) is 0.973.